The Balaban J connectivity index is 2.09. The minimum atomic E-state index is -0.225. The Hall–Kier alpha value is -1.42. The summed E-state index contributed by atoms with van der Waals surface area (Å²) in [5, 5.41) is 5.17. The lowest BCUT2D eigenvalue weighted by Crippen LogP contribution is -2.41. The van der Waals surface area contributed by atoms with Crippen LogP contribution in [0.3, 0.4) is 0 Å². The molecule has 0 aromatic heterocycles. The van der Waals surface area contributed by atoms with Gasteiger partial charge in [-0.15, -0.1) is 0 Å². The van der Waals surface area contributed by atoms with Crippen molar-refractivity contribution in [1.82, 2.24) is 5.32 Å². The Labute approximate surface area is 156 Å². The van der Waals surface area contributed by atoms with E-state index in [1.807, 2.05) is 6.92 Å². The number of anilines is 2. The molecule has 0 radical (unpaired) electrons. The van der Waals surface area contributed by atoms with Crippen molar-refractivity contribution in [2.75, 3.05) is 51.2 Å². The zero-order valence-electron chi connectivity index (χ0n) is 16.1. The standard InChI is InChI=1S/C18H33N5O3/c1-4-18(20)23(25-3)17-10-15-8-13(11-21-5-6-26-12-19)7-14(15)9-16(17)22-24-2/h9-10,13,18,21-22H,4-8,11-12,19-20H2,1-3H3. The number of nitrogens with one attached hydrogen (secondary N) is 2. The first kappa shape index (κ1) is 20.9. The molecule has 0 spiro atoms. The van der Waals surface area contributed by atoms with Gasteiger partial charge in [0, 0.05) is 6.54 Å². The first-order valence-corrected chi connectivity index (χ1v) is 9.16. The number of ether oxygens (including phenoxy) is 1. The molecule has 1 aromatic rings. The van der Waals surface area contributed by atoms with Gasteiger partial charge < -0.3 is 21.5 Å². The summed E-state index contributed by atoms with van der Waals surface area (Å²) in [4.78, 5) is 10.7. The molecular formula is C18H33N5O3. The summed E-state index contributed by atoms with van der Waals surface area (Å²) < 4.78 is 5.15. The summed E-state index contributed by atoms with van der Waals surface area (Å²) in [6, 6.07) is 4.30. The van der Waals surface area contributed by atoms with E-state index in [9.17, 15) is 0 Å². The van der Waals surface area contributed by atoms with Crippen molar-refractivity contribution in [2.24, 2.45) is 17.4 Å². The van der Waals surface area contributed by atoms with Crippen LogP contribution in [-0.2, 0) is 27.3 Å². The van der Waals surface area contributed by atoms with Crippen molar-refractivity contribution in [2.45, 2.75) is 32.4 Å². The molecule has 2 atom stereocenters. The van der Waals surface area contributed by atoms with Crippen molar-refractivity contribution in [3.63, 3.8) is 0 Å². The minimum Gasteiger partial charge on any atom is -0.365 e. The average Bonchev–Trinajstić information content (AvgIpc) is 3.04. The van der Waals surface area contributed by atoms with E-state index in [2.05, 4.69) is 22.9 Å². The monoisotopic (exact) mass is 367 g/mol. The molecule has 8 nitrogen and oxygen atoms in total. The van der Waals surface area contributed by atoms with Gasteiger partial charge >= 0.3 is 0 Å². The highest BCUT2D eigenvalue weighted by Crippen LogP contribution is 2.36. The Kier molecular flexibility index (Phi) is 8.56. The van der Waals surface area contributed by atoms with Gasteiger partial charge in [-0.3, -0.25) is 15.2 Å². The quantitative estimate of drug-likeness (QED) is 0.246. The number of hydrogen-bond acceptors (Lipinski definition) is 8. The first-order valence-electron chi connectivity index (χ1n) is 9.16. The van der Waals surface area contributed by atoms with Crippen LogP contribution in [0.5, 0.6) is 0 Å². The lowest BCUT2D eigenvalue weighted by molar-refractivity contribution is 0.138. The van der Waals surface area contributed by atoms with Crippen LogP contribution in [0.25, 0.3) is 0 Å². The van der Waals surface area contributed by atoms with Crippen molar-refractivity contribution in [3.8, 4) is 0 Å². The number of rotatable bonds is 12. The molecule has 2 rings (SSSR count). The lowest BCUT2D eigenvalue weighted by atomic mass is 10.1. The average molecular weight is 367 g/mol. The topological polar surface area (TPSA) is 107 Å². The zero-order chi connectivity index (χ0) is 18.9. The minimum absolute atomic E-state index is 0.225. The zero-order valence-corrected chi connectivity index (χ0v) is 16.1. The molecule has 0 heterocycles. The molecule has 0 amide bonds. The van der Waals surface area contributed by atoms with E-state index in [1.165, 1.54) is 11.1 Å². The summed E-state index contributed by atoms with van der Waals surface area (Å²) >= 11 is 0. The van der Waals surface area contributed by atoms with E-state index in [-0.39, 0.29) is 12.9 Å². The lowest BCUT2D eigenvalue weighted by Gasteiger charge is -2.29. The van der Waals surface area contributed by atoms with Gasteiger partial charge in [-0.2, -0.15) is 0 Å². The molecule has 8 heteroatoms. The molecular weight excluding hydrogens is 334 g/mol. The van der Waals surface area contributed by atoms with Gasteiger partial charge in [0.05, 0.1) is 38.9 Å². The van der Waals surface area contributed by atoms with Crippen molar-refractivity contribution >= 4 is 11.4 Å². The fourth-order valence-corrected chi connectivity index (χ4v) is 3.38. The molecule has 1 aromatic carbocycles. The van der Waals surface area contributed by atoms with Crippen LogP contribution in [0, 0.1) is 5.92 Å². The third kappa shape index (κ3) is 5.29. The van der Waals surface area contributed by atoms with Gasteiger partial charge in [0.1, 0.15) is 6.17 Å². The maximum atomic E-state index is 6.20. The fraction of sp³-hybridized carbons (Fsp3) is 0.667. The summed E-state index contributed by atoms with van der Waals surface area (Å²) in [5.74, 6) is 0.560. The van der Waals surface area contributed by atoms with Crippen LogP contribution in [0.2, 0.25) is 0 Å². The highest BCUT2D eigenvalue weighted by Gasteiger charge is 2.26. The SMILES string of the molecule is CCC(N)N(OC)c1cc2c(cc1NOC)CC(CNCCOCN)C2. The van der Waals surface area contributed by atoms with Gasteiger partial charge in [-0.25, -0.2) is 5.06 Å². The van der Waals surface area contributed by atoms with Gasteiger partial charge in [-0.05, 0) is 55.0 Å². The third-order valence-electron chi connectivity index (χ3n) is 4.67. The van der Waals surface area contributed by atoms with E-state index < -0.39 is 0 Å². The van der Waals surface area contributed by atoms with Crippen molar-refractivity contribution < 1.29 is 14.4 Å². The predicted octanol–water partition coefficient (Wildman–Crippen LogP) is 0.960. The van der Waals surface area contributed by atoms with E-state index in [1.54, 1.807) is 19.3 Å². The normalized spacial score (nSPS) is 17.2. The van der Waals surface area contributed by atoms with E-state index in [0.717, 1.165) is 43.7 Å². The molecule has 148 valence electrons. The van der Waals surface area contributed by atoms with Crippen LogP contribution >= 0.6 is 0 Å². The van der Waals surface area contributed by atoms with Crippen molar-refractivity contribution in [1.29, 1.82) is 0 Å². The molecule has 0 aliphatic heterocycles. The summed E-state index contributed by atoms with van der Waals surface area (Å²) in [6.45, 7) is 4.70. The Morgan fingerprint density at radius 3 is 2.62 bits per heavy atom. The van der Waals surface area contributed by atoms with Gasteiger partial charge in [0.25, 0.3) is 0 Å². The van der Waals surface area contributed by atoms with E-state index in [4.69, 9.17) is 25.9 Å². The molecule has 1 aliphatic rings. The molecule has 26 heavy (non-hydrogen) atoms. The Morgan fingerprint density at radius 1 is 1.27 bits per heavy atom. The summed E-state index contributed by atoms with van der Waals surface area (Å²) in [6.07, 6.45) is 2.61. The van der Waals surface area contributed by atoms with Crippen LogP contribution in [0.15, 0.2) is 12.1 Å². The van der Waals surface area contributed by atoms with Gasteiger partial charge in [0.15, 0.2) is 0 Å². The maximum absolute atomic E-state index is 6.20. The predicted molar refractivity (Wildman–Crippen MR) is 104 cm³/mol. The number of hydroxylamine groups is 1. The third-order valence-corrected chi connectivity index (χ3v) is 4.67. The smallest absolute Gasteiger partial charge is 0.103 e. The second-order valence-corrected chi connectivity index (χ2v) is 6.48. The molecule has 0 saturated carbocycles. The molecule has 0 saturated heterocycles. The second-order valence-electron chi connectivity index (χ2n) is 6.48. The Bertz CT molecular complexity index is 558. The summed E-state index contributed by atoms with van der Waals surface area (Å²) in [7, 11) is 3.24. The number of fused-ring (bicyclic) bond motifs is 1. The number of benzene rings is 1. The maximum Gasteiger partial charge on any atom is 0.103 e. The van der Waals surface area contributed by atoms with Crippen LogP contribution < -0.4 is 27.3 Å². The van der Waals surface area contributed by atoms with Crippen LogP contribution in [-0.4, -0.2) is 46.8 Å². The molecule has 0 bridgehead atoms. The number of nitrogens with two attached hydrogens (primary N) is 2. The number of nitrogens with zero attached hydrogens (tertiary/aromatic N) is 1. The van der Waals surface area contributed by atoms with E-state index in [0.29, 0.717) is 12.5 Å². The van der Waals surface area contributed by atoms with E-state index >= 15 is 0 Å². The second kappa shape index (κ2) is 10.7. The largest absolute Gasteiger partial charge is 0.365 e. The van der Waals surface area contributed by atoms with Gasteiger partial charge in [0.2, 0.25) is 0 Å². The Morgan fingerprint density at radius 2 is 2.00 bits per heavy atom. The van der Waals surface area contributed by atoms with Crippen molar-refractivity contribution in [3.05, 3.63) is 23.3 Å². The first-order chi connectivity index (χ1) is 12.6. The fourth-order valence-electron chi connectivity index (χ4n) is 3.38. The number of hydrogen-bond donors (Lipinski definition) is 4. The van der Waals surface area contributed by atoms with Gasteiger partial charge in [-0.1, -0.05) is 6.92 Å². The van der Waals surface area contributed by atoms with Crippen LogP contribution in [0.1, 0.15) is 24.5 Å². The molecule has 1 aliphatic carbocycles. The molecule has 6 N–H and O–H groups in total. The van der Waals surface area contributed by atoms with Crippen LogP contribution in [0.4, 0.5) is 11.4 Å². The highest BCUT2D eigenvalue weighted by molar-refractivity contribution is 5.71. The molecule has 0 fully saturated rings. The summed E-state index contributed by atoms with van der Waals surface area (Å²) in [5.41, 5.74) is 18.9. The highest BCUT2D eigenvalue weighted by atomic mass is 16.7. The molecule has 2 unspecified atom stereocenters.